The Balaban J connectivity index is 2.22. The summed E-state index contributed by atoms with van der Waals surface area (Å²) in [6.45, 7) is 13.1. The molecule has 0 radical (unpaired) electrons. The van der Waals surface area contributed by atoms with E-state index in [0.29, 0.717) is 0 Å². The molecular formula is C13H26N2. The van der Waals surface area contributed by atoms with Crippen LogP contribution in [0.3, 0.4) is 0 Å². The minimum Gasteiger partial charge on any atom is -0.313 e. The molecule has 1 aliphatic rings. The van der Waals surface area contributed by atoms with Gasteiger partial charge in [-0.3, -0.25) is 0 Å². The molecule has 2 nitrogen and oxygen atoms in total. The van der Waals surface area contributed by atoms with Crippen LogP contribution in [-0.4, -0.2) is 37.1 Å². The molecule has 1 unspecified atom stereocenters. The molecule has 0 aromatic rings. The Morgan fingerprint density at radius 1 is 1.47 bits per heavy atom. The fourth-order valence-electron chi connectivity index (χ4n) is 2.12. The topological polar surface area (TPSA) is 15.3 Å². The third-order valence-corrected chi connectivity index (χ3v) is 3.19. The SMILES string of the molecule is C=C(C)CCN(CC)CC1CCCCN1. The van der Waals surface area contributed by atoms with Gasteiger partial charge in [-0.1, -0.05) is 18.9 Å². The number of likely N-dealkylation sites (N-methyl/N-ethyl adjacent to an activating group) is 1. The summed E-state index contributed by atoms with van der Waals surface area (Å²) in [5.74, 6) is 0. The second-order valence-corrected chi connectivity index (χ2v) is 4.75. The van der Waals surface area contributed by atoms with Crippen LogP contribution in [-0.2, 0) is 0 Å². The largest absolute Gasteiger partial charge is 0.313 e. The van der Waals surface area contributed by atoms with Crippen molar-refractivity contribution in [3.05, 3.63) is 12.2 Å². The van der Waals surface area contributed by atoms with Crippen molar-refractivity contribution in [3.8, 4) is 0 Å². The summed E-state index contributed by atoms with van der Waals surface area (Å²) in [6, 6.07) is 0.726. The summed E-state index contributed by atoms with van der Waals surface area (Å²) >= 11 is 0. The van der Waals surface area contributed by atoms with Crippen LogP contribution in [0, 0.1) is 0 Å². The molecule has 1 rings (SSSR count). The molecule has 0 bridgehead atoms. The van der Waals surface area contributed by atoms with Gasteiger partial charge in [-0.15, -0.1) is 6.58 Å². The van der Waals surface area contributed by atoms with Gasteiger partial charge in [0.05, 0.1) is 0 Å². The highest BCUT2D eigenvalue weighted by molar-refractivity contribution is 4.89. The Morgan fingerprint density at radius 2 is 2.27 bits per heavy atom. The van der Waals surface area contributed by atoms with Crippen LogP contribution in [0.1, 0.15) is 39.5 Å². The highest BCUT2D eigenvalue weighted by Crippen LogP contribution is 2.09. The van der Waals surface area contributed by atoms with E-state index in [1.165, 1.54) is 44.5 Å². The molecule has 0 amide bonds. The number of piperidine rings is 1. The Hall–Kier alpha value is -0.340. The van der Waals surface area contributed by atoms with Crippen molar-refractivity contribution in [1.29, 1.82) is 0 Å². The average molecular weight is 210 g/mol. The van der Waals surface area contributed by atoms with Crippen molar-refractivity contribution in [2.75, 3.05) is 26.2 Å². The van der Waals surface area contributed by atoms with E-state index < -0.39 is 0 Å². The maximum absolute atomic E-state index is 3.97. The molecule has 1 saturated heterocycles. The molecule has 1 atom stereocenters. The molecule has 0 aliphatic carbocycles. The van der Waals surface area contributed by atoms with Crippen LogP contribution in [0.25, 0.3) is 0 Å². The van der Waals surface area contributed by atoms with Gasteiger partial charge < -0.3 is 10.2 Å². The van der Waals surface area contributed by atoms with Gasteiger partial charge in [0.25, 0.3) is 0 Å². The van der Waals surface area contributed by atoms with E-state index in [4.69, 9.17) is 0 Å². The monoisotopic (exact) mass is 210 g/mol. The van der Waals surface area contributed by atoms with Crippen LogP contribution < -0.4 is 5.32 Å². The van der Waals surface area contributed by atoms with E-state index in [1.54, 1.807) is 0 Å². The molecule has 0 spiro atoms. The predicted octanol–water partition coefficient (Wildman–Crippen LogP) is 2.42. The third-order valence-electron chi connectivity index (χ3n) is 3.19. The Labute approximate surface area is 94.7 Å². The van der Waals surface area contributed by atoms with Crippen molar-refractivity contribution in [2.45, 2.75) is 45.6 Å². The Morgan fingerprint density at radius 3 is 2.80 bits per heavy atom. The van der Waals surface area contributed by atoms with E-state index in [2.05, 4.69) is 30.6 Å². The first-order valence-electron chi connectivity index (χ1n) is 6.32. The highest BCUT2D eigenvalue weighted by atomic mass is 15.1. The van der Waals surface area contributed by atoms with Gasteiger partial charge in [-0.25, -0.2) is 0 Å². The molecule has 0 saturated carbocycles. The number of hydrogen-bond acceptors (Lipinski definition) is 2. The number of nitrogens with one attached hydrogen (secondary N) is 1. The van der Waals surface area contributed by atoms with Crippen LogP contribution in [0.4, 0.5) is 0 Å². The lowest BCUT2D eigenvalue weighted by atomic mass is 10.0. The molecule has 1 fully saturated rings. The summed E-state index contributed by atoms with van der Waals surface area (Å²) < 4.78 is 0. The van der Waals surface area contributed by atoms with Crippen molar-refractivity contribution in [1.82, 2.24) is 10.2 Å². The van der Waals surface area contributed by atoms with Crippen molar-refractivity contribution >= 4 is 0 Å². The minimum absolute atomic E-state index is 0.726. The first kappa shape index (κ1) is 12.7. The number of hydrogen-bond donors (Lipinski definition) is 1. The van der Waals surface area contributed by atoms with Gasteiger partial charge in [0.15, 0.2) is 0 Å². The van der Waals surface area contributed by atoms with E-state index >= 15 is 0 Å². The summed E-state index contributed by atoms with van der Waals surface area (Å²) in [5, 5.41) is 3.61. The van der Waals surface area contributed by atoms with E-state index in [9.17, 15) is 0 Å². The third kappa shape index (κ3) is 5.33. The quantitative estimate of drug-likeness (QED) is 0.677. The second-order valence-electron chi connectivity index (χ2n) is 4.75. The zero-order valence-corrected chi connectivity index (χ0v) is 10.4. The molecule has 1 heterocycles. The second kappa shape index (κ2) is 7.02. The molecule has 0 aromatic heterocycles. The Bertz CT molecular complexity index is 183. The van der Waals surface area contributed by atoms with E-state index in [0.717, 1.165) is 19.0 Å². The lowest BCUT2D eigenvalue weighted by Crippen LogP contribution is -2.43. The summed E-state index contributed by atoms with van der Waals surface area (Å²) in [4.78, 5) is 2.54. The van der Waals surface area contributed by atoms with Gasteiger partial charge in [0, 0.05) is 19.1 Å². The summed E-state index contributed by atoms with van der Waals surface area (Å²) in [7, 11) is 0. The summed E-state index contributed by atoms with van der Waals surface area (Å²) in [5.41, 5.74) is 1.30. The zero-order chi connectivity index (χ0) is 11.1. The van der Waals surface area contributed by atoms with Crippen molar-refractivity contribution in [3.63, 3.8) is 0 Å². The minimum atomic E-state index is 0.726. The van der Waals surface area contributed by atoms with Crippen molar-refractivity contribution in [2.24, 2.45) is 0 Å². The standard InChI is InChI=1S/C13H26N2/c1-4-15(10-8-12(2)3)11-13-7-5-6-9-14-13/h13-14H,2,4-11H2,1,3H3. The predicted molar refractivity (Wildman–Crippen MR) is 67.2 cm³/mol. The maximum Gasteiger partial charge on any atom is 0.0195 e. The lowest BCUT2D eigenvalue weighted by molar-refractivity contribution is 0.235. The number of nitrogens with zero attached hydrogens (tertiary/aromatic N) is 1. The molecular weight excluding hydrogens is 184 g/mol. The molecule has 88 valence electrons. The van der Waals surface area contributed by atoms with Crippen LogP contribution in [0.5, 0.6) is 0 Å². The Kier molecular flexibility index (Phi) is 5.96. The van der Waals surface area contributed by atoms with Crippen LogP contribution >= 0.6 is 0 Å². The zero-order valence-electron chi connectivity index (χ0n) is 10.4. The summed E-state index contributed by atoms with van der Waals surface area (Å²) in [6.07, 6.45) is 5.24. The van der Waals surface area contributed by atoms with Gasteiger partial charge in [0.1, 0.15) is 0 Å². The fourth-order valence-corrected chi connectivity index (χ4v) is 2.12. The molecule has 15 heavy (non-hydrogen) atoms. The number of rotatable bonds is 6. The van der Waals surface area contributed by atoms with Crippen LogP contribution in [0.15, 0.2) is 12.2 Å². The van der Waals surface area contributed by atoms with Gasteiger partial charge in [-0.2, -0.15) is 0 Å². The van der Waals surface area contributed by atoms with E-state index in [-0.39, 0.29) is 0 Å². The first-order valence-corrected chi connectivity index (χ1v) is 6.32. The van der Waals surface area contributed by atoms with Gasteiger partial charge in [-0.05, 0) is 39.3 Å². The molecule has 1 N–H and O–H groups in total. The average Bonchev–Trinajstić information content (AvgIpc) is 2.25. The molecule has 0 aromatic carbocycles. The normalized spacial score (nSPS) is 21.9. The molecule has 2 heteroatoms. The lowest BCUT2D eigenvalue weighted by Gasteiger charge is -2.29. The molecule has 1 aliphatic heterocycles. The van der Waals surface area contributed by atoms with Crippen molar-refractivity contribution < 1.29 is 0 Å². The first-order chi connectivity index (χ1) is 7.22. The smallest absolute Gasteiger partial charge is 0.0195 e. The van der Waals surface area contributed by atoms with E-state index in [1.807, 2.05) is 0 Å². The highest BCUT2D eigenvalue weighted by Gasteiger charge is 2.15. The van der Waals surface area contributed by atoms with Gasteiger partial charge in [0.2, 0.25) is 0 Å². The van der Waals surface area contributed by atoms with Crippen LogP contribution in [0.2, 0.25) is 0 Å². The maximum atomic E-state index is 3.97. The van der Waals surface area contributed by atoms with Gasteiger partial charge >= 0.3 is 0 Å². The fraction of sp³-hybridized carbons (Fsp3) is 0.846.